The molecule has 2 aromatic heterocycles. The molecule has 0 bridgehead atoms. The summed E-state index contributed by atoms with van der Waals surface area (Å²) in [6.45, 7) is 7.15. The molecule has 0 saturated carbocycles. The van der Waals surface area contributed by atoms with Crippen molar-refractivity contribution in [3.8, 4) is 11.4 Å². The van der Waals surface area contributed by atoms with E-state index in [1.165, 1.54) is 10.4 Å². The monoisotopic (exact) mass is 408 g/mol. The lowest BCUT2D eigenvalue weighted by molar-refractivity contribution is 0.0505. The maximum Gasteiger partial charge on any atom is 0.159 e. The first-order valence-electron chi connectivity index (χ1n) is 10.2. The number of hydrogen-bond donors (Lipinski definition) is 1. The van der Waals surface area contributed by atoms with E-state index in [2.05, 4.69) is 56.3 Å². The first-order chi connectivity index (χ1) is 14.2. The molecule has 0 aliphatic carbocycles. The van der Waals surface area contributed by atoms with Crippen LogP contribution < -0.4 is 0 Å². The highest BCUT2D eigenvalue weighted by atomic mass is 32.1. The third-order valence-electron chi connectivity index (χ3n) is 5.59. The lowest BCUT2D eigenvalue weighted by Gasteiger charge is -2.41. The molecule has 6 heteroatoms. The zero-order valence-corrected chi connectivity index (χ0v) is 17.7. The summed E-state index contributed by atoms with van der Waals surface area (Å²) in [7, 11) is 0. The van der Waals surface area contributed by atoms with Gasteiger partial charge in [0, 0.05) is 73.8 Å². The summed E-state index contributed by atoms with van der Waals surface area (Å²) < 4.78 is 0. The molecule has 5 nitrogen and oxygen atoms in total. The Balaban J connectivity index is 1.39. The van der Waals surface area contributed by atoms with E-state index < -0.39 is 0 Å². The van der Waals surface area contributed by atoms with Gasteiger partial charge in [0.15, 0.2) is 5.82 Å². The molecule has 4 rings (SSSR count). The van der Waals surface area contributed by atoms with Gasteiger partial charge in [-0.05, 0) is 30.4 Å². The van der Waals surface area contributed by atoms with Crippen molar-refractivity contribution in [2.75, 3.05) is 26.2 Å². The third kappa shape index (κ3) is 5.08. The molecular formula is C23H28N4OS. The molecule has 1 fully saturated rings. The molecule has 1 aliphatic rings. The Bertz CT molecular complexity index is 898. The highest BCUT2D eigenvalue weighted by Gasteiger charge is 2.27. The summed E-state index contributed by atoms with van der Waals surface area (Å²) in [5.74, 6) is 0.783. The number of aliphatic hydroxyl groups is 1. The van der Waals surface area contributed by atoms with Crippen LogP contribution in [-0.4, -0.2) is 57.2 Å². The van der Waals surface area contributed by atoms with Crippen molar-refractivity contribution < 1.29 is 5.11 Å². The third-order valence-corrected chi connectivity index (χ3v) is 6.45. The van der Waals surface area contributed by atoms with E-state index in [0.29, 0.717) is 6.04 Å². The van der Waals surface area contributed by atoms with Gasteiger partial charge in [-0.15, -0.1) is 11.3 Å². The Morgan fingerprint density at radius 1 is 1.07 bits per heavy atom. The standard InChI is InChI=1S/C23H28N4OS/c1-18-5-2-3-7-22(18)23-24-13-19(14-25-23)15-26-9-10-27(20(16-26)8-11-28)17-21-6-4-12-29-21/h2-7,12-14,20,28H,8-11,15-17H2,1H3. The molecule has 1 aliphatic heterocycles. The zero-order valence-electron chi connectivity index (χ0n) is 16.9. The average Bonchev–Trinajstić information content (AvgIpc) is 3.24. The molecule has 1 saturated heterocycles. The van der Waals surface area contributed by atoms with Crippen LogP contribution in [0.1, 0.15) is 22.4 Å². The number of piperazine rings is 1. The molecule has 1 aromatic carbocycles. The second kappa shape index (κ2) is 9.59. The maximum absolute atomic E-state index is 9.54. The lowest BCUT2D eigenvalue weighted by atomic mass is 10.1. The molecule has 3 heterocycles. The van der Waals surface area contributed by atoms with Crippen LogP contribution in [0.4, 0.5) is 0 Å². The fraction of sp³-hybridized carbons (Fsp3) is 0.391. The number of rotatable bonds is 7. The van der Waals surface area contributed by atoms with Gasteiger partial charge in [0.05, 0.1) is 0 Å². The highest BCUT2D eigenvalue weighted by molar-refractivity contribution is 7.09. The molecule has 29 heavy (non-hydrogen) atoms. The quantitative estimate of drug-likeness (QED) is 0.648. The van der Waals surface area contributed by atoms with Gasteiger partial charge in [0.25, 0.3) is 0 Å². The van der Waals surface area contributed by atoms with Crippen LogP contribution in [-0.2, 0) is 13.1 Å². The fourth-order valence-corrected chi connectivity index (χ4v) is 4.72. The normalized spacial score (nSPS) is 18.2. The van der Waals surface area contributed by atoms with Gasteiger partial charge in [-0.1, -0.05) is 30.3 Å². The Morgan fingerprint density at radius 3 is 2.62 bits per heavy atom. The molecular weight excluding hydrogens is 380 g/mol. The van der Waals surface area contributed by atoms with Gasteiger partial charge in [-0.3, -0.25) is 9.80 Å². The van der Waals surface area contributed by atoms with E-state index in [9.17, 15) is 5.11 Å². The van der Waals surface area contributed by atoms with Crippen molar-refractivity contribution in [2.45, 2.75) is 32.5 Å². The number of benzene rings is 1. The largest absolute Gasteiger partial charge is 0.396 e. The van der Waals surface area contributed by atoms with Crippen molar-refractivity contribution >= 4 is 11.3 Å². The minimum absolute atomic E-state index is 0.230. The summed E-state index contributed by atoms with van der Waals surface area (Å²) in [4.78, 5) is 15.6. The summed E-state index contributed by atoms with van der Waals surface area (Å²) >= 11 is 1.81. The van der Waals surface area contributed by atoms with Crippen LogP contribution in [0, 0.1) is 6.92 Å². The van der Waals surface area contributed by atoms with Crippen LogP contribution in [0.2, 0.25) is 0 Å². The molecule has 1 N–H and O–H groups in total. The smallest absolute Gasteiger partial charge is 0.159 e. The number of nitrogens with zero attached hydrogens (tertiary/aromatic N) is 4. The number of thiophene rings is 1. The van der Waals surface area contributed by atoms with Crippen molar-refractivity contribution in [3.05, 3.63) is 70.2 Å². The summed E-state index contributed by atoms with van der Waals surface area (Å²) in [6, 6.07) is 12.9. The predicted molar refractivity (Wildman–Crippen MR) is 118 cm³/mol. The second-order valence-electron chi connectivity index (χ2n) is 7.68. The number of aliphatic hydroxyl groups excluding tert-OH is 1. The minimum Gasteiger partial charge on any atom is -0.396 e. The lowest BCUT2D eigenvalue weighted by Crippen LogP contribution is -2.52. The Morgan fingerprint density at radius 2 is 1.90 bits per heavy atom. The molecule has 152 valence electrons. The molecule has 0 spiro atoms. The summed E-state index contributed by atoms with van der Waals surface area (Å²) in [6.07, 6.45) is 4.71. The Kier molecular flexibility index (Phi) is 6.67. The predicted octanol–water partition coefficient (Wildman–Crippen LogP) is 3.58. The Labute approximate surface area is 176 Å². The maximum atomic E-state index is 9.54. The number of aromatic nitrogens is 2. The van der Waals surface area contributed by atoms with Gasteiger partial charge in [0.1, 0.15) is 0 Å². The van der Waals surface area contributed by atoms with Gasteiger partial charge >= 0.3 is 0 Å². The van der Waals surface area contributed by atoms with Crippen molar-refractivity contribution in [3.63, 3.8) is 0 Å². The SMILES string of the molecule is Cc1ccccc1-c1ncc(CN2CCN(Cc3cccs3)C(CCO)C2)cn1. The van der Waals surface area contributed by atoms with E-state index >= 15 is 0 Å². The van der Waals surface area contributed by atoms with Crippen molar-refractivity contribution in [1.29, 1.82) is 0 Å². The van der Waals surface area contributed by atoms with Crippen molar-refractivity contribution in [1.82, 2.24) is 19.8 Å². The topological polar surface area (TPSA) is 52.5 Å². The van der Waals surface area contributed by atoms with E-state index in [-0.39, 0.29) is 6.61 Å². The molecule has 3 aromatic rings. The molecule has 0 radical (unpaired) electrons. The van der Waals surface area contributed by atoms with Crippen LogP contribution >= 0.6 is 11.3 Å². The second-order valence-corrected chi connectivity index (χ2v) is 8.71. The molecule has 0 amide bonds. The first kappa shape index (κ1) is 20.2. The number of hydrogen-bond acceptors (Lipinski definition) is 6. The van der Waals surface area contributed by atoms with Crippen molar-refractivity contribution in [2.24, 2.45) is 0 Å². The van der Waals surface area contributed by atoms with Crippen LogP contribution in [0.5, 0.6) is 0 Å². The average molecular weight is 409 g/mol. The zero-order chi connectivity index (χ0) is 20.1. The van der Waals surface area contributed by atoms with Crippen LogP contribution in [0.3, 0.4) is 0 Å². The van der Waals surface area contributed by atoms with E-state index in [1.54, 1.807) is 11.3 Å². The first-order valence-corrected chi connectivity index (χ1v) is 11.1. The fourth-order valence-electron chi connectivity index (χ4n) is 3.99. The van der Waals surface area contributed by atoms with Gasteiger partial charge in [0.2, 0.25) is 0 Å². The van der Waals surface area contributed by atoms with Crippen LogP contribution in [0.15, 0.2) is 54.2 Å². The van der Waals surface area contributed by atoms with Gasteiger partial charge in [-0.2, -0.15) is 0 Å². The van der Waals surface area contributed by atoms with Crippen LogP contribution in [0.25, 0.3) is 11.4 Å². The number of aryl methyl sites for hydroxylation is 1. The molecule has 1 unspecified atom stereocenters. The van der Waals surface area contributed by atoms with E-state index in [1.807, 2.05) is 24.5 Å². The molecule has 1 atom stereocenters. The minimum atomic E-state index is 0.230. The Hall–Kier alpha value is -2.12. The summed E-state index contributed by atoms with van der Waals surface area (Å²) in [5.41, 5.74) is 3.41. The summed E-state index contributed by atoms with van der Waals surface area (Å²) in [5, 5.41) is 11.7. The van der Waals surface area contributed by atoms with E-state index in [4.69, 9.17) is 0 Å². The highest BCUT2D eigenvalue weighted by Crippen LogP contribution is 2.21. The van der Waals surface area contributed by atoms with Gasteiger partial charge < -0.3 is 5.11 Å². The van der Waals surface area contributed by atoms with Gasteiger partial charge in [-0.25, -0.2) is 9.97 Å². The van der Waals surface area contributed by atoms with E-state index in [0.717, 1.165) is 56.1 Å².